The zero-order chi connectivity index (χ0) is 17.2. The maximum Gasteiger partial charge on any atom is 0.256 e. The van der Waals surface area contributed by atoms with Crippen LogP contribution in [0.5, 0.6) is 0 Å². The average molecular weight is 335 g/mol. The molecule has 6 nitrogen and oxygen atoms in total. The summed E-state index contributed by atoms with van der Waals surface area (Å²) in [5.41, 5.74) is 2.71. The van der Waals surface area contributed by atoms with Crippen molar-refractivity contribution in [3.63, 3.8) is 0 Å². The van der Waals surface area contributed by atoms with Crippen molar-refractivity contribution in [2.45, 2.75) is 25.8 Å². The monoisotopic (exact) mass is 335 g/mol. The zero-order valence-corrected chi connectivity index (χ0v) is 14.2. The number of amides is 1. The number of rotatable bonds is 3. The third kappa shape index (κ3) is 3.20. The molecule has 1 aliphatic heterocycles. The molecule has 2 N–H and O–H groups in total. The number of aromatic amines is 1. The van der Waals surface area contributed by atoms with Crippen LogP contribution < -0.4 is 5.32 Å². The number of carbonyl (C=O) groups is 1. The van der Waals surface area contributed by atoms with Crippen molar-refractivity contribution < 1.29 is 4.79 Å². The molecule has 0 unspecified atom stereocenters. The summed E-state index contributed by atoms with van der Waals surface area (Å²) in [4.78, 5) is 26.3. The summed E-state index contributed by atoms with van der Waals surface area (Å²) in [5.74, 6) is 0.961. The molecule has 0 radical (unpaired) electrons. The van der Waals surface area contributed by atoms with Crippen molar-refractivity contribution in [3.05, 3.63) is 54.1 Å². The first-order valence-electron chi connectivity index (χ1n) is 8.61. The van der Waals surface area contributed by atoms with Crippen LogP contribution in [-0.4, -0.2) is 44.9 Å². The van der Waals surface area contributed by atoms with Crippen LogP contribution in [-0.2, 0) is 0 Å². The number of hydrogen-bond donors (Lipinski definition) is 2. The van der Waals surface area contributed by atoms with Gasteiger partial charge in [-0.25, -0.2) is 9.97 Å². The molecule has 128 valence electrons. The van der Waals surface area contributed by atoms with Crippen molar-refractivity contribution >= 4 is 22.6 Å². The molecule has 1 aliphatic rings. The Labute approximate surface area is 146 Å². The van der Waals surface area contributed by atoms with Gasteiger partial charge in [-0.1, -0.05) is 18.2 Å². The molecule has 1 saturated heterocycles. The number of anilines is 1. The highest BCUT2D eigenvalue weighted by Gasteiger charge is 2.25. The number of carbonyl (C=O) groups excluding carboxylic acids is 1. The fraction of sp³-hybridized carbons (Fsp3) is 0.316. The summed E-state index contributed by atoms with van der Waals surface area (Å²) in [6, 6.07) is 10.2. The van der Waals surface area contributed by atoms with Crippen LogP contribution in [0.15, 0.2) is 42.9 Å². The number of H-pyrrole nitrogens is 1. The maximum atomic E-state index is 12.8. The van der Waals surface area contributed by atoms with Gasteiger partial charge in [-0.15, -0.1) is 0 Å². The molecule has 1 fully saturated rings. The molecule has 0 spiro atoms. The van der Waals surface area contributed by atoms with E-state index in [1.54, 1.807) is 6.33 Å². The van der Waals surface area contributed by atoms with Crippen molar-refractivity contribution in [1.29, 1.82) is 0 Å². The summed E-state index contributed by atoms with van der Waals surface area (Å²) >= 11 is 0. The first-order chi connectivity index (χ1) is 12.2. The summed E-state index contributed by atoms with van der Waals surface area (Å²) in [7, 11) is 0. The van der Waals surface area contributed by atoms with Crippen LogP contribution in [0.4, 0.5) is 5.82 Å². The van der Waals surface area contributed by atoms with Gasteiger partial charge >= 0.3 is 0 Å². The van der Waals surface area contributed by atoms with E-state index in [4.69, 9.17) is 0 Å². The number of nitrogens with zero attached hydrogens (tertiary/aromatic N) is 3. The third-order valence-electron chi connectivity index (χ3n) is 4.76. The zero-order valence-electron chi connectivity index (χ0n) is 14.2. The number of piperidine rings is 1. The van der Waals surface area contributed by atoms with E-state index in [1.807, 2.05) is 48.4 Å². The van der Waals surface area contributed by atoms with E-state index in [0.29, 0.717) is 6.04 Å². The second-order valence-corrected chi connectivity index (χ2v) is 6.50. The topological polar surface area (TPSA) is 73.9 Å². The predicted octanol–water partition coefficient (Wildman–Crippen LogP) is 2.98. The molecule has 0 bridgehead atoms. The van der Waals surface area contributed by atoms with Crippen molar-refractivity contribution in [2.75, 3.05) is 18.4 Å². The van der Waals surface area contributed by atoms with Gasteiger partial charge in [0.05, 0.1) is 5.56 Å². The van der Waals surface area contributed by atoms with Crippen LogP contribution in [0.25, 0.3) is 10.9 Å². The highest BCUT2D eigenvalue weighted by Crippen LogP contribution is 2.22. The fourth-order valence-corrected chi connectivity index (χ4v) is 3.39. The van der Waals surface area contributed by atoms with Crippen molar-refractivity contribution in [1.82, 2.24) is 19.9 Å². The number of nitrogens with one attached hydrogen (secondary N) is 2. The second kappa shape index (κ2) is 6.55. The Kier molecular flexibility index (Phi) is 4.09. The lowest BCUT2D eigenvalue weighted by Gasteiger charge is -2.32. The molecule has 6 heteroatoms. The molecule has 1 aromatic carbocycles. The summed E-state index contributed by atoms with van der Waals surface area (Å²) in [6.45, 7) is 3.45. The van der Waals surface area contributed by atoms with E-state index in [2.05, 4.69) is 20.3 Å². The molecular formula is C19H21N5O. The molecule has 4 rings (SSSR count). The van der Waals surface area contributed by atoms with Crippen molar-refractivity contribution in [3.8, 4) is 0 Å². The van der Waals surface area contributed by atoms with Gasteiger partial charge in [-0.2, -0.15) is 0 Å². The molecule has 2 aromatic heterocycles. The summed E-state index contributed by atoms with van der Waals surface area (Å²) in [6.07, 6.45) is 5.22. The number of aryl methyl sites for hydroxylation is 1. The Balaban J connectivity index is 1.40. The number of fused-ring (bicyclic) bond motifs is 1. The minimum Gasteiger partial charge on any atom is -0.367 e. The lowest BCUT2D eigenvalue weighted by molar-refractivity contribution is 0.0720. The van der Waals surface area contributed by atoms with Crippen molar-refractivity contribution in [2.24, 2.45) is 0 Å². The van der Waals surface area contributed by atoms with Gasteiger partial charge in [-0.3, -0.25) is 4.79 Å². The number of likely N-dealkylation sites (tertiary alicyclic amines) is 1. The number of benzene rings is 1. The van der Waals surface area contributed by atoms with Gasteiger partial charge in [0.1, 0.15) is 12.1 Å². The Morgan fingerprint density at radius 3 is 2.84 bits per heavy atom. The normalized spacial score (nSPS) is 15.5. The lowest BCUT2D eigenvalue weighted by atomic mass is 10.0. The lowest BCUT2D eigenvalue weighted by Crippen LogP contribution is -2.42. The molecule has 3 heterocycles. The van der Waals surface area contributed by atoms with Gasteiger partial charge in [0.15, 0.2) is 0 Å². The molecule has 3 aromatic rings. The van der Waals surface area contributed by atoms with E-state index < -0.39 is 0 Å². The predicted molar refractivity (Wildman–Crippen MR) is 97.6 cm³/mol. The van der Waals surface area contributed by atoms with E-state index >= 15 is 0 Å². The molecular weight excluding hydrogens is 314 g/mol. The molecule has 0 aliphatic carbocycles. The average Bonchev–Trinajstić information content (AvgIpc) is 3.06. The highest BCUT2D eigenvalue weighted by molar-refractivity contribution is 6.06. The van der Waals surface area contributed by atoms with Gasteiger partial charge in [-0.05, 0) is 25.8 Å². The SMILES string of the molecule is Cc1cc(NC2CCN(C(=O)c3c[nH]c4ccccc34)CC2)ncn1. The Morgan fingerprint density at radius 2 is 2.04 bits per heavy atom. The van der Waals surface area contributed by atoms with E-state index in [9.17, 15) is 4.79 Å². The summed E-state index contributed by atoms with van der Waals surface area (Å²) < 4.78 is 0. The number of hydrogen-bond acceptors (Lipinski definition) is 4. The molecule has 0 saturated carbocycles. The highest BCUT2D eigenvalue weighted by atomic mass is 16.2. The maximum absolute atomic E-state index is 12.8. The fourth-order valence-electron chi connectivity index (χ4n) is 3.39. The standard InChI is InChI=1S/C19H21N5O/c1-13-10-18(22-12-21-13)23-14-6-8-24(9-7-14)19(25)16-11-20-17-5-3-2-4-15(16)17/h2-5,10-12,14,20H,6-9H2,1H3,(H,21,22,23). The Hall–Kier alpha value is -2.89. The van der Waals surface area contributed by atoms with Crippen LogP contribution >= 0.6 is 0 Å². The molecule has 25 heavy (non-hydrogen) atoms. The Bertz CT molecular complexity index is 895. The summed E-state index contributed by atoms with van der Waals surface area (Å²) in [5, 5.41) is 4.44. The van der Waals surface area contributed by atoms with E-state index in [0.717, 1.165) is 53.9 Å². The minimum absolute atomic E-state index is 0.105. The first-order valence-corrected chi connectivity index (χ1v) is 8.61. The quantitative estimate of drug-likeness (QED) is 0.772. The van der Waals surface area contributed by atoms with Crippen LogP contribution in [0.2, 0.25) is 0 Å². The first kappa shape index (κ1) is 15.6. The van der Waals surface area contributed by atoms with Gasteiger partial charge < -0.3 is 15.2 Å². The molecule has 0 atom stereocenters. The van der Waals surface area contributed by atoms with E-state index in [1.165, 1.54) is 0 Å². The van der Waals surface area contributed by atoms with Gasteiger partial charge in [0, 0.05) is 48.0 Å². The smallest absolute Gasteiger partial charge is 0.256 e. The minimum atomic E-state index is 0.105. The van der Waals surface area contributed by atoms with E-state index in [-0.39, 0.29) is 5.91 Å². The van der Waals surface area contributed by atoms with Gasteiger partial charge in [0.2, 0.25) is 0 Å². The van der Waals surface area contributed by atoms with Gasteiger partial charge in [0.25, 0.3) is 5.91 Å². The number of para-hydroxylation sites is 1. The van der Waals surface area contributed by atoms with Crippen LogP contribution in [0, 0.1) is 6.92 Å². The third-order valence-corrected chi connectivity index (χ3v) is 4.76. The van der Waals surface area contributed by atoms with Crippen LogP contribution in [0.1, 0.15) is 28.9 Å². The van der Waals surface area contributed by atoms with Crippen LogP contribution in [0.3, 0.4) is 0 Å². The Morgan fingerprint density at radius 1 is 1.24 bits per heavy atom. The number of aromatic nitrogens is 3. The molecule has 1 amide bonds. The second-order valence-electron chi connectivity index (χ2n) is 6.50. The largest absolute Gasteiger partial charge is 0.367 e.